The van der Waals surface area contributed by atoms with Crippen LogP contribution in [0.25, 0.3) is 0 Å². The molecule has 1 aliphatic rings. The molecule has 0 saturated heterocycles. The largest absolute Gasteiger partial charge is 0.466 e. The van der Waals surface area contributed by atoms with Gasteiger partial charge in [-0.2, -0.15) is 0 Å². The molecule has 1 N–H and O–H groups in total. The van der Waals surface area contributed by atoms with Crippen molar-refractivity contribution in [2.45, 2.75) is 26.8 Å². The minimum atomic E-state index is -0.618. The molecule has 1 aromatic carbocycles. The first-order chi connectivity index (χ1) is 10.9. The molecule has 2 rings (SSSR count). The number of nitrogens with zero attached hydrogens (tertiary/aromatic N) is 1. The third-order valence-electron chi connectivity index (χ3n) is 3.77. The fourth-order valence-corrected chi connectivity index (χ4v) is 2.93. The third-order valence-corrected chi connectivity index (χ3v) is 4.11. The van der Waals surface area contributed by atoms with Crippen LogP contribution >= 0.6 is 11.6 Å². The predicted molar refractivity (Wildman–Crippen MR) is 89.0 cm³/mol. The number of hydrogen-bond acceptors (Lipinski definition) is 3. The van der Waals surface area contributed by atoms with Crippen LogP contribution in [-0.4, -0.2) is 30.6 Å². The van der Waals surface area contributed by atoms with Crippen molar-refractivity contribution in [1.82, 2.24) is 10.2 Å². The van der Waals surface area contributed by atoms with E-state index in [1.54, 1.807) is 30.0 Å². The van der Waals surface area contributed by atoms with Crippen molar-refractivity contribution in [1.29, 1.82) is 0 Å². The first-order valence-corrected chi connectivity index (χ1v) is 7.86. The second-order valence-electron chi connectivity index (χ2n) is 5.90. The van der Waals surface area contributed by atoms with Gasteiger partial charge in [-0.05, 0) is 24.5 Å². The zero-order chi connectivity index (χ0) is 17.1. The first kappa shape index (κ1) is 17.3. The average molecular weight is 337 g/mol. The van der Waals surface area contributed by atoms with Gasteiger partial charge < -0.3 is 10.1 Å². The lowest BCUT2D eigenvalue weighted by Crippen LogP contribution is -2.49. The van der Waals surface area contributed by atoms with Crippen molar-refractivity contribution in [2.24, 2.45) is 5.92 Å². The number of methoxy groups -OCH3 is 1. The van der Waals surface area contributed by atoms with E-state index in [9.17, 15) is 9.59 Å². The Morgan fingerprint density at radius 2 is 2.04 bits per heavy atom. The number of nitrogens with one attached hydrogen (secondary N) is 1. The van der Waals surface area contributed by atoms with E-state index < -0.39 is 12.0 Å². The van der Waals surface area contributed by atoms with Crippen LogP contribution in [0.3, 0.4) is 0 Å². The first-order valence-electron chi connectivity index (χ1n) is 7.48. The fourth-order valence-electron chi connectivity index (χ4n) is 2.68. The fraction of sp³-hybridized carbons (Fsp3) is 0.412. The summed E-state index contributed by atoms with van der Waals surface area (Å²) in [4.78, 5) is 26.4. The number of carbonyl (C=O) groups is 2. The number of esters is 1. The molecule has 0 radical (unpaired) electrons. The number of benzene rings is 1. The van der Waals surface area contributed by atoms with E-state index >= 15 is 0 Å². The Morgan fingerprint density at radius 3 is 2.61 bits per heavy atom. The number of amides is 2. The van der Waals surface area contributed by atoms with E-state index in [2.05, 4.69) is 5.32 Å². The lowest BCUT2D eigenvalue weighted by molar-refractivity contribution is -0.136. The molecule has 1 heterocycles. The monoisotopic (exact) mass is 336 g/mol. The molecule has 1 aromatic rings. The second-order valence-corrected chi connectivity index (χ2v) is 6.31. The van der Waals surface area contributed by atoms with Crippen LogP contribution in [0, 0.1) is 5.92 Å². The topological polar surface area (TPSA) is 58.6 Å². The Hall–Kier alpha value is -2.01. The Balaban J connectivity index is 2.55. The van der Waals surface area contributed by atoms with Gasteiger partial charge in [-0.1, -0.05) is 43.6 Å². The highest BCUT2D eigenvalue weighted by atomic mass is 35.5. The van der Waals surface area contributed by atoms with Gasteiger partial charge in [0.2, 0.25) is 0 Å². The van der Waals surface area contributed by atoms with E-state index in [0.717, 1.165) is 0 Å². The summed E-state index contributed by atoms with van der Waals surface area (Å²) in [6.07, 6.45) is 0. The summed E-state index contributed by atoms with van der Waals surface area (Å²) < 4.78 is 4.92. The van der Waals surface area contributed by atoms with Gasteiger partial charge in [-0.15, -0.1) is 0 Å². The van der Waals surface area contributed by atoms with Crippen LogP contribution in [0.1, 0.15) is 32.4 Å². The molecule has 6 heteroatoms. The summed E-state index contributed by atoms with van der Waals surface area (Å²) in [5, 5.41) is 3.36. The molecule has 0 spiro atoms. The molecule has 0 unspecified atom stereocenters. The SMILES string of the molecule is COC(=O)C1=C(C)N(CC(C)C)C(=O)N[C@@H]1c1ccccc1Cl. The molecule has 5 nitrogen and oxygen atoms in total. The van der Waals surface area contributed by atoms with Crippen LogP contribution in [0.2, 0.25) is 5.02 Å². The standard InChI is InChI=1S/C17H21ClN2O3/c1-10(2)9-20-11(3)14(16(21)23-4)15(19-17(20)22)12-7-5-6-8-13(12)18/h5-8,10,15H,9H2,1-4H3,(H,19,22)/t15-/m1/s1. The highest BCUT2D eigenvalue weighted by Crippen LogP contribution is 2.34. The predicted octanol–water partition coefficient (Wildman–Crippen LogP) is 3.51. The maximum Gasteiger partial charge on any atom is 0.337 e. The maximum atomic E-state index is 12.5. The maximum absolute atomic E-state index is 12.5. The highest BCUT2D eigenvalue weighted by molar-refractivity contribution is 6.31. The summed E-state index contributed by atoms with van der Waals surface area (Å²) in [7, 11) is 1.33. The molecular weight excluding hydrogens is 316 g/mol. The van der Waals surface area contributed by atoms with E-state index in [1.165, 1.54) is 7.11 Å². The molecule has 0 bridgehead atoms. The lowest BCUT2D eigenvalue weighted by Gasteiger charge is -2.36. The quantitative estimate of drug-likeness (QED) is 0.856. The van der Waals surface area contributed by atoms with Gasteiger partial charge in [-0.25, -0.2) is 9.59 Å². The molecular formula is C17H21ClN2O3. The van der Waals surface area contributed by atoms with E-state index in [0.29, 0.717) is 28.4 Å². The van der Waals surface area contributed by atoms with Crippen LogP contribution in [0.4, 0.5) is 4.79 Å². The van der Waals surface area contributed by atoms with E-state index in [-0.39, 0.29) is 11.9 Å². The number of urea groups is 1. The van der Waals surface area contributed by atoms with Crippen molar-refractivity contribution < 1.29 is 14.3 Å². The molecule has 0 aromatic heterocycles. The molecule has 0 fully saturated rings. The number of hydrogen-bond donors (Lipinski definition) is 1. The molecule has 124 valence electrons. The van der Waals surface area contributed by atoms with Gasteiger partial charge in [0.15, 0.2) is 0 Å². The van der Waals surface area contributed by atoms with Gasteiger partial charge in [0.1, 0.15) is 0 Å². The zero-order valence-corrected chi connectivity index (χ0v) is 14.5. The minimum absolute atomic E-state index is 0.242. The van der Waals surface area contributed by atoms with Crippen molar-refractivity contribution in [2.75, 3.05) is 13.7 Å². The Bertz CT molecular complexity index is 655. The van der Waals surface area contributed by atoms with Gasteiger partial charge in [0.05, 0.1) is 18.7 Å². The Labute approximate surface area is 141 Å². The van der Waals surface area contributed by atoms with Crippen molar-refractivity contribution in [3.63, 3.8) is 0 Å². The Morgan fingerprint density at radius 1 is 1.39 bits per heavy atom. The van der Waals surface area contributed by atoms with E-state index in [1.807, 2.05) is 19.9 Å². The molecule has 1 aliphatic heterocycles. The summed E-state index contributed by atoms with van der Waals surface area (Å²) in [6, 6.07) is 6.28. The zero-order valence-electron chi connectivity index (χ0n) is 13.7. The van der Waals surface area contributed by atoms with Gasteiger partial charge in [-0.3, -0.25) is 4.90 Å². The lowest BCUT2D eigenvalue weighted by atomic mass is 9.94. The number of rotatable bonds is 4. The molecule has 23 heavy (non-hydrogen) atoms. The van der Waals surface area contributed by atoms with Crippen LogP contribution < -0.4 is 5.32 Å². The number of allylic oxidation sites excluding steroid dienone is 1. The van der Waals surface area contributed by atoms with Crippen LogP contribution in [0.15, 0.2) is 35.5 Å². The second kappa shape index (κ2) is 7.04. The number of carbonyl (C=O) groups excluding carboxylic acids is 2. The van der Waals surface area contributed by atoms with Crippen LogP contribution in [0.5, 0.6) is 0 Å². The summed E-state index contributed by atoms with van der Waals surface area (Å²) in [5.74, 6) is -0.201. The number of ether oxygens (including phenoxy) is 1. The summed E-state index contributed by atoms with van der Waals surface area (Å²) in [6.45, 7) is 6.31. The third kappa shape index (κ3) is 3.50. The average Bonchev–Trinajstić information content (AvgIpc) is 2.50. The van der Waals surface area contributed by atoms with Gasteiger partial charge >= 0.3 is 12.0 Å². The van der Waals surface area contributed by atoms with Crippen LogP contribution in [-0.2, 0) is 9.53 Å². The summed E-state index contributed by atoms with van der Waals surface area (Å²) >= 11 is 6.25. The smallest absolute Gasteiger partial charge is 0.337 e. The summed E-state index contributed by atoms with van der Waals surface area (Å²) in [5.41, 5.74) is 1.67. The highest BCUT2D eigenvalue weighted by Gasteiger charge is 2.37. The van der Waals surface area contributed by atoms with Crippen molar-refractivity contribution in [3.05, 3.63) is 46.1 Å². The van der Waals surface area contributed by atoms with E-state index in [4.69, 9.17) is 16.3 Å². The molecule has 2 amide bonds. The van der Waals surface area contributed by atoms with Gasteiger partial charge in [0, 0.05) is 17.3 Å². The van der Waals surface area contributed by atoms with Crippen molar-refractivity contribution in [3.8, 4) is 0 Å². The van der Waals surface area contributed by atoms with Gasteiger partial charge in [0.25, 0.3) is 0 Å². The molecule has 0 aliphatic carbocycles. The Kier molecular flexibility index (Phi) is 5.31. The number of halogens is 1. The normalized spacial score (nSPS) is 18.3. The molecule has 0 saturated carbocycles. The molecule has 1 atom stereocenters. The van der Waals surface area contributed by atoms with Crippen molar-refractivity contribution >= 4 is 23.6 Å². The minimum Gasteiger partial charge on any atom is -0.466 e.